The summed E-state index contributed by atoms with van der Waals surface area (Å²) in [7, 11) is 0. The van der Waals surface area contributed by atoms with Crippen LogP contribution in [0.15, 0.2) is 65.8 Å². The molecule has 0 aromatic heterocycles. The van der Waals surface area contributed by atoms with Gasteiger partial charge < -0.3 is 24.1 Å². The molecule has 0 amide bonds. The van der Waals surface area contributed by atoms with Crippen molar-refractivity contribution in [3.63, 3.8) is 0 Å². The first-order valence-corrected chi connectivity index (χ1v) is 14.7. The quantitative estimate of drug-likeness (QED) is 0.255. The van der Waals surface area contributed by atoms with Crippen molar-refractivity contribution in [2.24, 2.45) is 22.7 Å². The minimum Gasteiger partial charge on any atom is -0.458 e. The number of hydrogen-bond donors (Lipinski definition) is 1. The zero-order chi connectivity index (χ0) is 31.7. The Hall–Kier alpha value is -3.72. The largest absolute Gasteiger partial charge is 0.458 e. The van der Waals surface area contributed by atoms with E-state index in [9.17, 15) is 24.3 Å². The van der Waals surface area contributed by atoms with Crippen molar-refractivity contribution in [2.75, 3.05) is 6.61 Å². The molecule has 232 valence electrons. The van der Waals surface area contributed by atoms with Crippen LogP contribution in [0.1, 0.15) is 71.7 Å². The fraction of sp³-hybridized carbons (Fsp3) is 0.529. The van der Waals surface area contributed by atoms with Crippen LogP contribution in [0.5, 0.6) is 0 Å². The second-order valence-corrected chi connectivity index (χ2v) is 12.7. The van der Waals surface area contributed by atoms with Gasteiger partial charge in [0.05, 0.1) is 5.56 Å². The van der Waals surface area contributed by atoms with Gasteiger partial charge >= 0.3 is 23.9 Å². The summed E-state index contributed by atoms with van der Waals surface area (Å²) in [5.74, 6) is -3.25. The zero-order valence-corrected chi connectivity index (χ0v) is 25.9. The van der Waals surface area contributed by atoms with Crippen LogP contribution in [-0.4, -0.2) is 59.5 Å². The Morgan fingerprint density at radius 3 is 2.33 bits per heavy atom. The summed E-state index contributed by atoms with van der Waals surface area (Å²) in [6.45, 7) is 12.2. The fourth-order valence-corrected chi connectivity index (χ4v) is 6.87. The van der Waals surface area contributed by atoms with Gasteiger partial charge in [-0.1, -0.05) is 69.7 Å². The molecule has 1 aromatic rings. The first kappa shape index (κ1) is 32.2. The summed E-state index contributed by atoms with van der Waals surface area (Å²) in [6, 6.07) is 8.50. The van der Waals surface area contributed by atoms with Gasteiger partial charge in [0, 0.05) is 29.7 Å². The molecule has 0 radical (unpaired) electrons. The Bertz CT molecular complexity index is 1350. The van der Waals surface area contributed by atoms with E-state index in [4.69, 9.17) is 18.9 Å². The summed E-state index contributed by atoms with van der Waals surface area (Å²) < 4.78 is 22.8. The van der Waals surface area contributed by atoms with Crippen LogP contribution in [-0.2, 0) is 33.3 Å². The van der Waals surface area contributed by atoms with E-state index in [1.807, 2.05) is 26.8 Å². The van der Waals surface area contributed by atoms with Gasteiger partial charge in [-0.05, 0) is 50.3 Å². The van der Waals surface area contributed by atoms with Gasteiger partial charge in [0.15, 0.2) is 12.2 Å². The van der Waals surface area contributed by atoms with Gasteiger partial charge in [-0.3, -0.25) is 4.79 Å². The summed E-state index contributed by atoms with van der Waals surface area (Å²) in [5.41, 5.74) is -1.81. The minimum absolute atomic E-state index is 0.114. The first-order valence-electron chi connectivity index (χ1n) is 14.7. The Kier molecular flexibility index (Phi) is 9.07. The van der Waals surface area contributed by atoms with Crippen molar-refractivity contribution in [1.82, 2.24) is 0 Å². The number of aliphatic hydroxyl groups is 1. The van der Waals surface area contributed by atoms with Crippen LogP contribution in [0, 0.1) is 22.7 Å². The summed E-state index contributed by atoms with van der Waals surface area (Å²) >= 11 is 0. The average molecular weight is 595 g/mol. The number of benzene rings is 1. The van der Waals surface area contributed by atoms with Crippen molar-refractivity contribution in [3.05, 3.63) is 71.3 Å². The van der Waals surface area contributed by atoms with Crippen molar-refractivity contribution in [3.8, 4) is 0 Å². The van der Waals surface area contributed by atoms with Crippen LogP contribution >= 0.6 is 0 Å². The predicted molar refractivity (Wildman–Crippen MR) is 157 cm³/mol. The van der Waals surface area contributed by atoms with Gasteiger partial charge in [0.2, 0.25) is 6.10 Å². The fourth-order valence-electron chi connectivity index (χ4n) is 6.87. The van der Waals surface area contributed by atoms with E-state index in [2.05, 4.69) is 6.08 Å². The highest BCUT2D eigenvalue weighted by Crippen LogP contribution is 2.63. The number of hydrogen-bond acceptors (Lipinski definition) is 9. The van der Waals surface area contributed by atoms with Crippen molar-refractivity contribution < 1.29 is 43.2 Å². The van der Waals surface area contributed by atoms with Crippen molar-refractivity contribution in [2.45, 2.75) is 85.2 Å². The third-order valence-corrected chi connectivity index (χ3v) is 9.66. The molecule has 2 aliphatic carbocycles. The molecule has 3 aliphatic rings. The normalized spacial score (nSPS) is 32.8. The number of carbonyl (C=O) groups is 4. The molecule has 1 N–H and O–H groups in total. The summed E-state index contributed by atoms with van der Waals surface area (Å²) in [5, 5.41) is 12.6. The molecule has 1 aliphatic heterocycles. The van der Waals surface area contributed by atoms with E-state index >= 15 is 0 Å². The maximum atomic E-state index is 13.7. The average Bonchev–Trinajstić information content (AvgIpc) is 3.37. The molecule has 43 heavy (non-hydrogen) atoms. The van der Waals surface area contributed by atoms with Crippen LogP contribution in [0.25, 0.3) is 0 Å². The Morgan fingerprint density at radius 2 is 1.74 bits per heavy atom. The van der Waals surface area contributed by atoms with Crippen LogP contribution in [0.4, 0.5) is 0 Å². The maximum absolute atomic E-state index is 13.7. The number of cyclic esters (lactones) is 1. The van der Waals surface area contributed by atoms with Crippen LogP contribution in [0.2, 0.25) is 0 Å². The minimum atomic E-state index is -1.79. The van der Waals surface area contributed by atoms with Crippen LogP contribution < -0.4 is 0 Å². The molecule has 1 heterocycles. The van der Waals surface area contributed by atoms with E-state index in [0.29, 0.717) is 17.6 Å². The number of esters is 4. The van der Waals surface area contributed by atoms with E-state index < -0.39 is 64.5 Å². The van der Waals surface area contributed by atoms with E-state index in [-0.39, 0.29) is 12.5 Å². The van der Waals surface area contributed by atoms with Gasteiger partial charge in [-0.25, -0.2) is 14.4 Å². The second kappa shape index (κ2) is 12.1. The molecule has 0 spiro atoms. The molecular weight excluding hydrogens is 552 g/mol. The number of rotatable bonds is 8. The van der Waals surface area contributed by atoms with Gasteiger partial charge in [-0.15, -0.1) is 0 Å². The second-order valence-electron chi connectivity index (χ2n) is 12.7. The molecule has 1 saturated carbocycles. The third kappa shape index (κ3) is 5.92. The first-order chi connectivity index (χ1) is 20.1. The molecule has 1 unspecified atom stereocenters. The lowest BCUT2D eigenvalue weighted by molar-refractivity contribution is -0.263. The number of fused-ring (bicyclic) bond motifs is 1. The Labute approximate surface area is 252 Å². The maximum Gasteiger partial charge on any atom is 0.348 e. The topological polar surface area (TPSA) is 125 Å². The van der Waals surface area contributed by atoms with E-state index in [1.165, 1.54) is 13.0 Å². The lowest BCUT2D eigenvalue weighted by Crippen LogP contribution is -2.72. The van der Waals surface area contributed by atoms with Crippen molar-refractivity contribution >= 4 is 23.9 Å². The van der Waals surface area contributed by atoms with E-state index in [0.717, 1.165) is 12.0 Å². The summed E-state index contributed by atoms with van der Waals surface area (Å²) in [6.07, 6.45) is 4.80. The molecule has 1 fully saturated rings. The Morgan fingerprint density at radius 1 is 1.07 bits per heavy atom. The number of allylic oxidation sites excluding steroid dienone is 1. The smallest absolute Gasteiger partial charge is 0.348 e. The lowest BCUT2D eigenvalue weighted by atomic mass is 9.44. The van der Waals surface area contributed by atoms with Crippen molar-refractivity contribution in [1.29, 1.82) is 0 Å². The highest BCUT2D eigenvalue weighted by atomic mass is 16.6. The Balaban J connectivity index is 1.87. The van der Waals surface area contributed by atoms with E-state index in [1.54, 1.807) is 57.2 Å². The molecule has 0 bridgehead atoms. The third-order valence-electron chi connectivity index (χ3n) is 9.66. The lowest BCUT2D eigenvalue weighted by Gasteiger charge is -2.64. The molecule has 9 heteroatoms. The molecule has 9 nitrogen and oxygen atoms in total. The SMILES string of the molecule is CC(=O)OC(C(=O)O[C@H]1[C@H](OC(=O)c2ccccc2)[C@@]2(C)C(C)=CCC[C@@H]2[C@@](C)(/C=C/C2=CC(=O)OC2)[C@@]1(C)O)C(C)C. The van der Waals surface area contributed by atoms with Gasteiger partial charge in [0.25, 0.3) is 0 Å². The van der Waals surface area contributed by atoms with Crippen LogP contribution in [0.3, 0.4) is 0 Å². The molecule has 0 saturated heterocycles. The molecule has 1 aromatic carbocycles. The van der Waals surface area contributed by atoms with Gasteiger partial charge in [-0.2, -0.15) is 0 Å². The predicted octanol–water partition coefficient (Wildman–Crippen LogP) is 4.88. The van der Waals surface area contributed by atoms with Gasteiger partial charge in [0.1, 0.15) is 12.2 Å². The number of ether oxygens (including phenoxy) is 4. The monoisotopic (exact) mass is 594 g/mol. The zero-order valence-electron chi connectivity index (χ0n) is 25.9. The number of carbonyl (C=O) groups excluding carboxylic acids is 4. The standard InChI is InChI=1S/C34H42O9/c1-20(2)27(41-22(4)35)31(38)43-29-28(42-30(37)24-13-9-8-10-14-24)33(6)21(3)12-11-15-25(33)32(5,34(29,7)39)17-16-23-18-26(36)40-19-23/h8-10,12-14,16-18,20,25,27-29,39H,11,15,19H2,1-7H3/b17-16+/t25-,27?,28+,29+,32-,33+,34+/m1/s1. The molecule has 7 atom stereocenters. The summed E-state index contributed by atoms with van der Waals surface area (Å²) in [4.78, 5) is 50.8. The highest BCUT2D eigenvalue weighted by Gasteiger charge is 2.69. The molecular formula is C34H42O9. The highest BCUT2D eigenvalue weighted by molar-refractivity contribution is 5.89. The molecule has 4 rings (SSSR count).